The van der Waals surface area contributed by atoms with Crippen LogP contribution in [0.4, 0.5) is 5.82 Å². The Labute approximate surface area is 58.3 Å². The number of rotatable bonds is 1. The van der Waals surface area contributed by atoms with Gasteiger partial charge in [0.25, 0.3) is 0 Å². The molecular formula is C6H8N3O. The summed E-state index contributed by atoms with van der Waals surface area (Å²) in [6.45, 7) is 3.91. The van der Waals surface area contributed by atoms with Crippen LogP contribution in [0, 0.1) is 6.92 Å². The summed E-state index contributed by atoms with van der Waals surface area (Å²) >= 11 is 0. The fraction of sp³-hybridized carbons (Fsp3) is 0.167. The van der Waals surface area contributed by atoms with Gasteiger partial charge in [-0.2, -0.15) is 4.98 Å². The van der Waals surface area contributed by atoms with Gasteiger partial charge in [-0.25, -0.2) is 4.79 Å². The van der Waals surface area contributed by atoms with Crippen LogP contribution in [-0.2, 0) is 6.54 Å². The van der Waals surface area contributed by atoms with Crippen molar-refractivity contribution >= 4 is 5.82 Å². The van der Waals surface area contributed by atoms with E-state index in [1.807, 2.05) is 0 Å². The average Bonchev–Trinajstić information content (AvgIpc) is 1.88. The highest BCUT2D eigenvalue weighted by Crippen LogP contribution is 1.87. The lowest BCUT2D eigenvalue weighted by molar-refractivity contribution is 0.744. The molecule has 53 valence electrons. The van der Waals surface area contributed by atoms with Gasteiger partial charge in [0, 0.05) is 12.7 Å². The van der Waals surface area contributed by atoms with E-state index in [0.717, 1.165) is 0 Å². The maximum absolute atomic E-state index is 10.8. The third-order valence-electron chi connectivity index (χ3n) is 1.14. The Morgan fingerprint density at radius 1 is 1.80 bits per heavy atom. The third-order valence-corrected chi connectivity index (χ3v) is 1.14. The summed E-state index contributed by atoms with van der Waals surface area (Å²) in [6.07, 6.45) is 1.57. The van der Waals surface area contributed by atoms with E-state index in [0.29, 0.717) is 6.54 Å². The molecule has 1 radical (unpaired) electrons. The Kier molecular flexibility index (Phi) is 1.71. The molecule has 1 aromatic heterocycles. The van der Waals surface area contributed by atoms with Crippen molar-refractivity contribution < 1.29 is 0 Å². The van der Waals surface area contributed by atoms with Crippen molar-refractivity contribution in [2.45, 2.75) is 6.54 Å². The molecule has 0 spiro atoms. The second-order valence-electron chi connectivity index (χ2n) is 1.83. The lowest BCUT2D eigenvalue weighted by atomic mass is 10.6. The molecule has 4 heteroatoms. The van der Waals surface area contributed by atoms with Crippen LogP contribution in [0.2, 0.25) is 0 Å². The molecule has 0 amide bonds. The lowest BCUT2D eigenvalue weighted by Crippen LogP contribution is -2.22. The minimum atomic E-state index is -0.352. The SMILES string of the molecule is [CH2]Cn1ccc(N)nc1=O. The molecule has 1 heterocycles. The molecule has 0 atom stereocenters. The highest BCUT2D eigenvalue weighted by molar-refractivity contribution is 5.23. The standard InChI is InChI=1S/C6H8N3O/c1-2-9-4-3-5(7)8-6(9)10/h3-4H,1-2H2,(H2,7,8,10). The molecule has 2 N–H and O–H groups in total. The number of hydrogen-bond donors (Lipinski definition) is 1. The van der Waals surface area contributed by atoms with Crippen molar-refractivity contribution in [1.82, 2.24) is 9.55 Å². The van der Waals surface area contributed by atoms with Crippen LogP contribution in [-0.4, -0.2) is 9.55 Å². The van der Waals surface area contributed by atoms with E-state index in [2.05, 4.69) is 11.9 Å². The summed E-state index contributed by atoms with van der Waals surface area (Å²) in [5, 5.41) is 0. The Hall–Kier alpha value is -1.32. The van der Waals surface area contributed by atoms with E-state index in [4.69, 9.17) is 5.73 Å². The Morgan fingerprint density at radius 3 is 3.00 bits per heavy atom. The second-order valence-corrected chi connectivity index (χ2v) is 1.83. The van der Waals surface area contributed by atoms with Crippen molar-refractivity contribution in [3.05, 3.63) is 29.7 Å². The molecule has 4 nitrogen and oxygen atoms in total. The maximum Gasteiger partial charge on any atom is 0.349 e. The van der Waals surface area contributed by atoms with Crippen LogP contribution in [0.1, 0.15) is 0 Å². The van der Waals surface area contributed by atoms with E-state index < -0.39 is 0 Å². The molecule has 0 aromatic carbocycles. The van der Waals surface area contributed by atoms with Crippen molar-refractivity contribution in [2.75, 3.05) is 5.73 Å². The molecule has 0 aliphatic heterocycles. The summed E-state index contributed by atoms with van der Waals surface area (Å²) in [6, 6.07) is 1.56. The predicted molar refractivity (Wildman–Crippen MR) is 38.3 cm³/mol. The molecule has 0 unspecified atom stereocenters. The van der Waals surface area contributed by atoms with Gasteiger partial charge >= 0.3 is 5.69 Å². The summed E-state index contributed by atoms with van der Waals surface area (Å²) in [7, 11) is 0. The molecule has 10 heavy (non-hydrogen) atoms. The zero-order chi connectivity index (χ0) is 7.56. The first kappa shape index (κ1) is 6.80. The number of hydrogen-bond acceptors (Lipinski definition) is 3. The smallest absolute Gasteiger partial charge is 0.349 e. The quantitative estimate of drug-likeness (QED) is 0.577. The number of nitrogens with two attached hydrogens (primary N) is 1. The van der Waals surface area contributed by atoms with Gasteiger partial charge in [-0.15, -0.1) is 0 Å². The first-order valence-corrected chi connectivity index (χ1v) is 2.86. The minimum absolute atomic E-state index is 0.245. The molecular weight excluding hydrogens is 130 g/mol. The van der Waals surface area contributed by atoms with Gasteiger partial charge in [-0.05, 0) is 13.0 Å². The topological polar surface area (TPSA) is 60.9 Å². The number of nitrogen functional groups attached to an aromatic ring is 1. The summed E-state index contributed by atoms with van der Waals surface area (Å²) in [5.74, 6) is 0.245. The van der Waals surface area contributed by atoms with E-state index in [-0.39, 0.29) is 11.5 Å². The molecule has 0 aliphatic rings. The Bertz CT molecular complexity index is 279. The molecule has 1 aromatic rings. The van der Waals surface area contributed by atoms with Crippen molar-refractivity contribution in [1.29, 1.82) is 0 Å². The number of nitrogens with zero attached hydrogens (tertiary/aromatic N) is 2. The minimum Gasteiger partial charge on any atom is -0.383 e. The van der Waals surface area contributed by atoms with E-state index in [1.54, 1.807) is 12.3 Å². The van der Waals surface area contributed by atoms with Crippen molar-refractivity contribution in [2.24, 2.45) is 0 Å². The van der Waals surface area contributed by atoms with Crippen LogP contribution in [0.15, 0.2) is 17.1 Å². The Morgan fingerprint density at radius 2 is 2.50 bits per heavy atom. The van der Waals surface area contributed by atoms with E-state index >= 15 is 0 Å². The predicted octanol–water partition coefficient (Wildman–Crippen LogP) is -0.340. The molecule has 1 rings (SSSR count). The average molecular weight is 138 g/mol. The molecule has 0 saturated carbocycles. The molecule has 0 bridgehead atoms. The normalized spacial score (nSPS) is 9.70. The fourth-order valence-corrected chi connectivity index (χ4v) is 0.612. The molecule has 0 fully saturated rings. The van der Waals surface area contributed by atoms with Crippen LogP contribution in [0.25, 0.3) is 0 Å². The van der Waals surface area contributed by atoms with Crippen LogP contribution in [0.5, 0.6) is 0 Å². The van der Waals surface area contributed by atoms with E-state index in [9.17, 15) is 4.79 Å². The van der Waals surface area contributed by atoms with Crippen LogP contribution >= 0.6 is 0 Å². The van der Waals surface area contributed by atoms with Crippen LogP contribution < -0.4 is 11.4 Å². The largest absolute Gasteiger partial charge is 0.383 e. The fourth-order valence-electron chi connectivity index (χ4n) is 0.612. The van der Waals surface area contributed by atoms with Gasteiger partial charge < -0.3 is 5.73 Å². The van der Waals surface area contributed by atoms with Crippen molar-refractivity contribution in [3.8, 4) is 0 Å². The van der Waals surface area contributed by atoms with Gasteiger partial charge in [-0.1, -0.05) is 0 Å². The Balaban J connectivity index is 3.20. The zero-order valence-corrected chi connectivity index (χ0v) is 5.45. The highest BCUT2D eigenvalue weighted by Gasteiger charge is 1.92. The van der Waals surface area contributed by atoms with Crippen LogP contribution in [0.3, 0.4) is 0 Å². The summed E-state index contributed by atoms with van der Waals surface area (Å²) in [5.41, 5.74) is 4.89. The highest BCUT2D eigenvalue weighted by atomic mass is 16.1. The van der Waals surface area contributed by atoms with Gasteiger partial charge in [-0.3, -0.25) is 4.57 Å². The second kappa shape index (κ2) is 2.51. The van der Waals surface area contributed by atoms with Gasteiger partial charge in [0.05, 0.1) is 0 Å². The third kappa shape index (κ3) is 1.15. The maximum atomic E-state index is 10.8. The van der Waals surface area contributed by atoms with Crippen molar-refractivity contribution in [3.63, 3.8) is 0 Å². The summed E-state index contributed by atoms with van der Waals surface area (Å²) < 4.78 is 1.37. The van der Waals surface area contributed by atoms with Gasteiger partial charge in [0.2, 0.25) is 0 Å². The first-order chi connectivity index (χ1) is 4.74. The van der Waals surface area contributed by atoms with Gasteiger partial charge in [0.15, 0.2) is 0 Å². The summed E-state index contributed by atoms with van der Waals surface area (Å²) in [4.78, 5) is 14.3. The lowest BCUT2D eigenvalue weighted by Gasteiger charge is -1.97. The number of aromatic nitrogens is 2. The van der Waals surface area contributed by atoms with E-state index in [1.165, 1.54) is 4.57 Å². The first-order valence-electron chi connectivity index (χ1n) is 2.86. The van der Waals surface area contributed by atoms with Gasteiger partial charge in [0.1, 0.15) is 5.82 Å². The number of anilines is 1. The molecule has 0 aliphatic carbocycles. The zero-order valence-electron chi connectivity index (χ0n) is 5.45. The monoisotopic (exact) mass is 138 g/mol. The molecule has 0 saturated heterocycles.